The fraction of sp³-hybridized carbons (Fsp3) is 0.238. The second kappa shape index (κ2) is 8.49. The lowest BCUT2D eigenvalue weighted by atomic mass is 10.2. The summed E-state index contributed by atoms with van der Waals surface area (Å²) in [5.74, 6) is -0.146. The molecule has 0 unspecified atom stereocenters. The van der Waals surface area contributed by atoms with Crippen molar-refractivity contribution in [1.29, 1.82) is 0 Å². The van der Waals surface area contributed by atoms with Gasteiger partial charge in [0.05, 0.1) is 10.6 Å². The molecule has 164 valence electrons. The largest absolute Gasteiger partial charge is 0.338 e. The minimum Gasteiger partial charge on any atom is -0.338 e. The van der Waals surface area contributed by atoms with E-state index in [-0.39, 0.29) is 16.6 Å². The normalized spacial score (nSPS) is 14.9. The van der Waals surface area contributed by atoms with Crippen LogP contribution < -0.4 is 5.32 Å². The Bertz CT molecular complexity index is 1400. The van der Waals surface area contributed by atoms with Crippen molar-refractivity contribution in [2.45, 2.75) is 22.9 Å². The molecule has 0 bridgehead atoms. The van der Waals surface area contributed by atoms with E-state index in [1.165, 1.54) is 28.2 Å². The van der Waals surface area contributed by atoms with Gasteiger partial charge in [-0.25, -0.2) is 13.4 Å². The molecule has 1 saturated heterocycles. The number of fused-ring (bicyclic) bond motifs is 3. The summed E-state index contributed by atoms with van der Waals surface area (Å²) in [5.41, 5.74) is 2.78. The van der Waals surface area contributed by atoms with Crippen LogP contribution in [0.1, 0.15) is 12.8 Å². The number of nitrogens with one attached hydrogen (secondary N) is 2. The van der Waals surface area contributed by atoms with Crippen LogP contribution in [0.25, 0.3) is 22.1 Å². The number of rotatable bonds is 6. The molecule has 1 fully saturated rings. The summed E-state index contributed by atoms with van der Waals surface area (Å²) < 4.78 is 26.7. The molecular weight excluding hydrogens is 448 g/mol. The van der Waals surface area contributed by atoms with Gasteiger partial charge >= 0.3 is 0 Å². The lowest BCUT2D eigenvalue weighted by Crippen LogP contribution is -2.27. The van der Waals surface area contributed by atoms with E-state index < -0.39 is 10.0 Å². The maximum Gasteiger partial charge on any atom is 0.243 e. The van der Waals surface area contributed by atoms with Crippen LogP contribution >= 0.6 is 11.8 Å². The zero-order valence-electron chi connectivity index (χ0n) is 17.0. The Morgan fingerprint density at radius 1 is 1.06 bits per heavy atom. The molecule has 0 radical (unpaired) electrons. The van der Waals surface area contributed by atoms with Crippen molar-refractivity contribution >= 4 is 55.4 Å². The second-order valence-corrected chi connectivity index (χ2v) is 10.3. The highest BCUT2D eigenvalue weighted by Gasteiger charge is 2.26. The van der Waals surface area contributed by atoms with E-state index >= 15 is 0 Å². The fourth-order valence-corrected chi connectivity index (χ4v) is 5.79. The number of carbonyl (C=O) groups excluding carboxylic acids is 1. The predicted molar refractivity (Wildman–Crippen MR) is 123 cm³/mol. The quantitative estimate of drug-likeness (QED) is 0.417. The van der Waals surface area contributed by atoms with Gasteiger partial charge in [-0.2, -0.15) is 4.31 Å². The summed E-state index contributed by atoms with van der Waals surface area (Å²) >= 11 is 1.18. The lowest BCUT2D eigenvalue weighted by Gasteiger charge is -2.15. The molecule has 2 aromatic carbocycles. The van der Waals surface area contributed by atoms with Gasteiger partial charge in [0.2, 0.25) is 21.1 Å². The number of carbonyl (C=O) groups is 1. The number of para-hydroxylation sites is 1. The molecular formula is C21H20N6O3S2. The Morgan fingerprint density at radius 3 is 2.59 bits per heavy atom. The van der Waals surface area contributed by atoms with Crippen LogP contribution in [-0.2, 0) is 14.8 Å². The molecule has 0 spiro atoms. The molecule has 9 nitrogen and oxygen atoms in total. The van der Waals surface area contributed by atoms with Gasteiger partial charge in [-0.05, 0) is 43.2 Å². The molecule has 3 heterocycles. The van der Waals surface area contributed by atoms with Crippen molar-refractivity contribution in [2.24, 2.45) is 0 Å². The number of sulfonamides is 1. The zero-order chi connectivity index (χ0) is 22.1. The van der Waals surface area contributed by atoms with Crippen molar-refractivity contribution in [1.82, 2.24) is 24.5 Å². The highest BCUT2D eigenvalue weighted by Crippen LogP contribution is 2.24. The molecule has 32 heavy (non-hydrogen) atoms. The third-order valence-corrected chi connectivity index (χ3v) is 8.03. The van der Waals surface area contributed by atoms with Crippen LogP contribution in [0.2, 0.25) is 0 Å². The number of anilines is 1. The number of aromatic nitrogens is 4. The van der Waals surface area contributed by atoms with E-state index in [1.54, 1.807) is 12.1 Å². The summed E-state index contributed by atoms with van der Waals surface area (Å²) in [4.78, 5) is 20.2. The summed E-state index contributed by atoms with van der Waals surface area (Å²) in [6, 6.07) is 14.0. The van der Waals surface area contributed by atoms with Gasteiger partial charge in [0, 0.05) is 29.7 Å². The van der Waals surface area contributed by atoms with Gasteiger partial charge in [-0.15, -0.1) is 10.2 Å². The number of benzene rings is 2. The molecule has 4 aromatic rings. The van der Waals surface area contributed by atoms with E-state index in [4.69, 9.17) is 0 Å². The van der Waals surface area contributed by atoms with Gasteiger partial charge in [-0.1, -0.05) is 30.0 Å². The summed E-state index contributed by atoms with van der Waals surface area (Å²) in [5, 5.41) is 12.5. The van der Waals surface area contributed by atoms with Crippen molar-refractivity contribution in [3.8, 4) is 0 Å². The number of H-pyrrole nitrogens is 1. The van der Waals surface area contributed by atoms with E-state index in [0.29, 0.717) is 35.1 Å². The molecule has 2 N–H and O–H groups in total. The minimum absolute atomic E-state index is 0.0985. The third-order valence-electron chi connectivity index (χ3n) is 5.28. The second-order valence-electron chi connectivity index (χ2n) is 7.43. The Morgan fingerprint density at radius 2 is 1.81 bits per heavy atom. The van der Waals surface area contributed by atoms with Gasteiger partial charge in [0.25, 0.3) is 0 Å². The average molecular weight is 469 g/mol. The Balaban J connectivity index is 1.22. The molecule has 5 rings (SSSR count). The van der Waals surface area contributed by atoms with E-state index in [2.05, 4.69) is 25.5 Å². The highest BCUT2D eigenvalue weighted by molar-refractivity contribution is 7.99. The number of hydrogen-bond donors (Lipinski definition) is 2. The van der Waals surface area contributed by atoms with Gasteiger partial charge in [0.1, 0.15) is 5.52 Å². The molecule has 2 aromatic heterocycles. The number of thioether (sulfide) groups is 1. The maximum atomic E-state index is 12.6. The predicted octanol–water partition coefficient (Wildman–Crippen LogP) is 3.02. The summed E-state index contributed by atoms with van der Waals surface area (Å²) in [7, 11) is -3.47. The van der Waals surface area contributed by atoms with Crippen molar-refractivity contribution < 1.29 is 13.2 Å². The number of hydrogen-bond acceptors (Lipinski definition) is 7. The standard InChI is InChI=1S/C21H20N6O3S2/c28-18(22-14-7-9-15(10-8-14)32(29,30)27-11-3-4-12-27)13-31-21-24-20-19(25-26-21)16-5-1-2-6-17(16)23-20/h1-2,5-10H,3-4,11-13H2,(H,22,28)(H,23,24,26). The molecule has 11 heteroatoms. The van der Waals surface area contributed by atoms with Crippen LogP contribution in [0.5, 0.6) is 0 Å². The molecule has 0 saturated carbocycles. The van der Waals surface area contributed by atoms with Crippen molar-refractivity contribution in [3.05, 3.63) is 48.5 Å². The van der Waals surface area contributed by atoms with Crippen molar-refractivity contribution in [2.75, 3.05) is 24.2 Å². The number of nitrogens with zero attached hydrogens (tertiary/aromatic N) is 4. The molecule has 0 atom stereocenters. The topological polar surface area (TPSA) is 121 Å². The van der Waals surface area contributed by atoms with E-state index in [1.807, 2.05) is 24.3 Å². The van der Waals surface area contributed by atoms with Gasteiger partial charge in [-0.3, -0.25) is 4.79 Å². The minimum atomic E-state index is -3.47. The van der Waals surface area contributed by atoms with Crippen LogP contribution in [0.15, 0.2) is 58.6 Å². The first-order valence-corrected chi connectivity index (χ1v) is 12.6. The van der Waals surface area contributed by atoms with Gasteiger partial charge in [0.15, 0.2) is 5.65 Å². The molecule has 1 aliphatic rings. The monoisotopic (exact) mass is 468 g/mol. The Labute approximate surface area is 188 Å². The van der Waals surface area contributed by atoms with E-state index in [0.717, 1.165) is 23.7 Å². The molecule has 1 aliphatic heterocycles. The van der Waals surface area contributed by atoms with Gasteiger partial charge < -0.3 is 10.3 Å². The number of amides is 1. The van der Waals surface area contributed by atoms with Crippen LogP contribution in [0, 0.1) is 0 Å². The SMILES string of the molecule is O=C(CSc1nnc2c(n1)[nH]c1ccccc12)Nc1ccc(S(=O)(=O)N2CCCC2)cc1. The summed E-state index contributed by atoms with van der Waals surface area (Å²) in [6.07, 6.45) is 1.77. The first kappa shape index (κ1) is 20.9. The Hall–Kier alpha value is -3.02. The first-order chi connectivity index (χ1) is 15.5. The smallest absolute Gasteiger partial charge is 0.243 e. The average Bonchev–Trinajstić information content (AvgIpc) is 3.46. The fourth-order valence-electron chi connectivity index (χ4n) is 3.68. The maximum absolute atomic E-state index is 12.6. The molecule has 1 amide bonds. The molecule has 0 aliphatic carbocycles. The Kier molecular flexibility index (Phi) is 5.53. The van der Waals surface area contributed by atoms with Crippen LogP contribution in [-0.4, -0.2) is 57.6 Å². The first-order valence-electron chi connectivity index (χ1n) is 10.1. The lowest BCUT2D eigenvalue weighted by molar-refractivity contribution is -0.113. The third kappa shape index (κ3) is 4.06. The van der Waals surface area contributed by atoms with E-state index in [9.17, 15) is 13.2 Å². The summed E-state index contributed by atoms with van der Waals surface area (Å²) in [6.45, 7) is 1.11. The van der Waals surface area contributed by atoms with Crippen LogP contribution in [0.4, 0.5) is 5.69 Å². The highest BCUT2D eigenvalue weighted by atomic mass is 32.2. The van der Waals surface area contributed by atoms with Crippen molar-refractivity contribution in [3.63, 3.8) is 0 Å². The van der Waals surface area contributed by atoms with Crippen LogP contribution in [0.3, 0.4) is 0 Å². The zero-order valence-corrected chi connectivity index (χ0v) is 18.6. The number of aromatic amines is 1.